The number of halogens is 3. The minimum absolute atomic E-state index is 0.341. The van der Waals surface area contributed by atoms with Gasteiger partial charge in [0.2, 0.25) is 0 Å². The first-order chi connectivity index (χ1) is 9.28. The third kappa shape index (κ3) is 3.09. The Morgan fingerprint density at radius 1 is 1.20 bits per heavy atom. The lowest BCUT2D eigenvalue weighted by atomic mass is 10.0. The summed E-state index contributed by atoms with van der Waals surface area (Å²) in [6.45, 7) is 2.67. The molecule has 0 aliphatic carbocycles. The number of rotatable bonds is 3. The highest BCUT2D eigenvalue weighted by Crippen LogP contribution is 2.17. The van der Waals surface area contributed by atoms with Gasteiger partial charge in [-0.05, 0) is 23.6 Å². The minimum atomic E-state index is -4.47. The third-order valence-corrected chi connectivity index (χ3v) is 2.90. The Morgan fingerprint density at radius 2 is 1.80 bits per heavy atom. The van der Waals surface area contributed by atoms with Crippen LogP contribution in [-0.2, 0) is 6.54 Å². The zero-order valence-electron chi connectivity index (χ0n) is 11.1. The van der Waals surface area contributed by atoms with Gasteiger partial charge in [-0.15, -0.1) is 0 Å². The molecule has 108 valence electrons. The van der Waals surface area contributed by atoms with Gasteiger partial charge in [0, 0.05) is 0 Å². The molecule has 0 bridgehead atoms. The van der Waals surface area contributed by atoms with Crippen LogP contribution in [-0.4, -0.2) is 20.5 Å². The Morgan fingerprint density at radius 3 is 2.30 bits per heavy atom. The fourth-order valence-electron chi connectivity index (χ4n) is 1.81. The molecule has 0 saturated heterocycles. The van der Waals surface area contributed by atoms with Crippen LogP contribution >= 0.6 is 0 Å². The van der Waals surface area contributed by atoms with Gasteiger partial charge in [-0.1, -0.05) is 26.0 Å². The summed E-state index contributed by atoms with van der Waals surface area (Å²) in [7, 11) is 0. The van der Waals surface area contributed by atoms with Crippen molar-refractivity contribution >= 4 is 0 Å². The van der Waals surface area contributed by atoms with Crippen molar-refractivity contribution in [2.24, 2.45) is 0 Å². The molecule has 0 atom stereocenters. The fourth-order valence-corrected chi connectivity index (χ4v) is 1.81. The molecule has 0 amide bonds. The SMILES string of the molecule is CC(C)c1ccc(-n2cnn(CC(F)(F)F)c2=O)cc1. The predicted molar refractivity (Wildman–Crippen MR) is 68.0 cm³/mol. The van der Waals surface area contributed by atoms with Gasteiger partial charge >= 0.3 is 11.9 Å². The van der Waals surface area contributed by atoms with E-state index in [1.807, 2.05) is 26.0 Å². The molecule has 20 heavy (non-hydrogen) atoms. The normalized spacial score (nSPS) is 12.1. The second-order valence-electron chi connectivity index (χ2n) is 4.80. The summed E-state index contributed by atoms with van der Waals surface area (Å²) in [5.74, 6) is 0.341. The van der Waals surface area contributed by atoms with Gasteiger partial charge in [0.25, 0.3) is 0 Å². The van der Waals surface area contributed by atoms with Gasteiger partial charge in [0.15, 0.2) is 0 Å². The van der Waals surface area contributed by atoms with Crippen molar-refractivity contribution < 1.29 is 13.2 Å². The molecule has 2 aromatic rings. The van der Waals surface area contributed by atoms with Crippen molar-refractivity contribution in [1.29, 1.82) is 0 Å². The van der Waals surface area contributed by atoms with Crippen molar-refractivity contribution in [2.45, 2.75) is 32.5 Å². The molecule has 0 aliphatic heterocycles. The average molecular weight is 285 g/mol. The Balaban J connectivity index is 2.32. The molecule has 0 saturated carbocycles. The molecule has 0 radical (unpaired) electrons. The minimum Gasteiger partial charge on any atom is -0.250 e. The second kappa shape index (κ2) is 5.15. The third-order valence-electron chi connectivity index (χ3n) is 2.90. The van der Waals surface area contributed by atoms with E-state index in [1.54, 1.807) is 12.1 Å². The molecular formula is C13H14F3N3O. The highest BCUT2D eigenvalue weighted by atomic mass is 19.4. The lowest BCUT2D eigenvalue weighted by Gasteiger charge is -2.07. The Hall–Kier alpha value is -2.05. The molecule has 0 spiro atoms. The van der Waals surface area contributed by atoms with Crippen LogP contribution in [0.5, 0.6) is 0 Å². The highest BCUT2D eigenvalue weighted by Gasteiger charge is 2.29. The van der Waals surface area contributed by atoms with Crippen LogP contribution in [0.15, 0.2) is 35.4 Å². The Kier molecular flexibility index (Phi) is 3.69. The van der Waals surface area contributed by atoms with Crippen molar-refractivity contribution in [3.63, 3.8) is 0 Å². The zero-order chi connectivity index (χ0) is 14.9. The van der Waals surface area contributed by atoms with Crippen molar-refractivity contribution in [1.82, 2.24) is 14.3 Å². The van der Waals surface area contributed by atoms with Crippen LogP contribution in [0.4, 0.5) is 13.2 Å². The lowest BCUT2D eigenvalue weighted by molar-refractivity contribution is -0.143. The van der Waals surface area contributed by atoms with E-state index in [0.29, 0.717) is 16.3 Å². The van der Waals surface area contributed by atoms with Crippen molar-refractivity contribution in [2.75, 3.05) is 0 Å². The first kappa shape index (κ1) is 14.4. The van der Waals surface area contributed by atoms with Crippen molar-refractivity contribution in [3.05, 3.63) is 46.6 Å². The molecule has 7 heteroatoms. The lowest BCUT2D eigenvalue weighted by Crippen LogP contribution is -2.30. The molecule has 4 nitrogen and oxygen atoms in total. The Bertz CT molecular complexity index is 638. The van der Waals surface area contributed by atoms with Gasteiger partial charge in [0.1, 0.15) is 12.9 Å². The molecule has 0 fully saturated rings. The fraction of sp³-hybridized carbons (Fsp3) is 0.385. The number of hydrogen-bond donors (Lipinski definition) is 0. The van der Waals surface area contributed by atoms with Gasteiger partial charge in [-0.25, -0.2) is 14.0 Å². The van der Waals surface area contributed by atoms with E-state index in [2.05, 4.69) is 5.10 Å². The average Bonchev–Trinajstić information content (AvgIpc) is 2.69. The number of nitrogens with zero attached hydrogens (tertiary/aromatic N) is 3. The predicted octanol–water partition coefficient (Wildman–Crippen LogP) is 2.72. The van der Waals surface area contributed by atoms with Crippen LogP contribution in [0, 0.1) is 0 Å². The van der Waals surface area contributed by atoms with E-state index in [4.69, 9.17) is 0 Å². The molecule has 1 aromatic carbocycles. The van der Waals surface area contributed by atoms with Crippen LogP contribution in [0.1, 0.15) is 25.3 Å². The number of hydrogen-bond acceptors (Lipinski definition) is 2. The Labute approximate surface area is 113 Å². The van der Waals surface area contributed by atoms with E-state index in [0.717, 1.165) is 16.5 Å². The second-order valence-corrected chi connectivity index (χ2v) is 4.80. The largest absolute Gasteiger partial charge is 0.408 e. The molecule has 1 heterocycles. The van der Waals surface area contributed by atoms with E-state index >= 15 is 0 Å². The molecule has 0 N–H and O–H groups in total. The standard InChI is InChI=1S/C13H14F3N3O/c1-9(2)10-3-5-11(6-4-10)18-8-17-19(12(18)20)7-13(14,15)16/h3-6,8-9H,7H2,1-2H3. The maximum atomic E-state index is 12.3. The van der Waals surface area contributed by atoms with Crippen LogP contribution in [0.3, 0.4) is 0 Å². The molecule has 1 aromatic heterocycles. The quantitative estimate of drug-likeness (QED) is 0.870. The summed E-state index contributed by atoms with van der Waals surface area (Å²) < 4.78 is 38.3. The molecule has 2 rings (SSSR count). The maximum Gasteiger partial charge on any atom is 0.408 e. The maximum absolute atomic E-state index is 12.3. The summed E-state index contributed by atoms with van der Waals surface area (Å²) in [6.07, 6.45) is -3.37. The van der Waals surface area contributed by atoms with E-state index < -0.39 is 18.4 Å². The summed E-state index contributed by atoms with van der Waals surface area (Å²) >= 11 is 0. The van der Waals surface area contributed by atoms with Gasteiger partial charge in [0.05, 0.1) is 5.69 Å². The van der Waals surface area contributed by atoms with Gasteiger partial charge in [-0.2, -0.15) is 18.3 Å². The monoisotopic (exact) mass is 285 g/mol. The molecule has 0 unspecified atom stereocenters. The van der Waals surface area contributed by atoms with E-state index in [1.165, 1.54) is 0 Å². The summed E-state index contributed by atoms with van der Waals surface area (Å²) in [6, 6.07) is 7.06. The summed E-state index contributed by atoms with van der Waals surface area (Å²) in [5, 5.41) is 3.48. The van der Waals surface area contributed by atoms with E-state index in [9.17, 15) is 18.0 Å². The molecular weight excluding hydrogens is 271 g/mol. The smallest absolute Gasteiger partial charge is 0.250 e. The van der Waals surface area contributed by atoms with Gasteiger partial charge in [-0.3, -0.25) is 0 Å². The van der Waals surface area contributed by atoms with Crippen LogP contribution < -0.4 is 5.69 Å². The number of benzene rings is 1. The summed E-state index contributed by atoms with van der Waals surface area (Å²) in [4.78, 5) is 11.8. The number of alkyl halides is 3. The van der Waals surface area contributed by atoms with E-state index in [-0.39, 0.29) is 0 Å². The summed E-state index contributed by atoms with van der Waals surface area (Å²) in [5.41, 5.74) is 0.775. The first-order valence-electron chi connectivity index (χ1n) is 6.09. The first-order valence-corrected chi connectivity index (χ1v) is 6.09. The zero-order valence-corrected chi connectivity index (χ0v) is 11.1. The van der Waals surface area contributed by atoms with Gasteiger partial charge < -0.3 is 0 Å². The topological polar surface area (TPSA) is 39.8 Å². The molecule has 0 aliphatic rings. The highest BCUT2D eigenvalue weighted by molar-refractivity contribution is 5.35. The van der Waals surface area contributed by atoms with Crippen molar-refractivity contribution in [3.8, 4) is 5.69 Å². The number of aromatic nitrogens is 3. The van der Waals surface area contributed by atoms with Crippen LogP contribution in [0.2, 0.25) is 0 Å². The van der Waals surface area contributed by atoms with Crippen LogP contribution in [0.25, 0.3) is 5.69 Å².